The van der Waals surface area contributed by atoms with Gasteiger partial charge in [0.05, 0.1) is 5.39 Å². The van der Waals surface area contributed by atoms with Crippen molar-refractivity contribution >= 4 is 10.8 Å². The Bertz CT molecular complexity index is 844. The lowest BCUT2D eigenvalue weighted by molar-refractivity contribution is -0.659. The molecule has 22 heavy (non-hydrogen) atoms. The van der Waals surface area contributed by atoms with E-state index in [9.17, 15) is 0 Å². The van der Waals surface area contributed by atoms with Crippen LogP contribution < -0.4 is 4.57 Å². The van der Waals surface area contributed by atoms with Crippen molar-refractivity contribution < 1.29 is 4.57 Å². The molecule has 0 fully saturated rings. The molecule has 3 aromatic rings. The predicted molar refractivity (Wildman–Crippen MR) is 94.1 cm³/mol. The largest absolute Gasteiger partial charge is 0.220 e. The summed E-state index contributed by atoms with van der Waals surface area (Å²) in [5.41, 5.74) is 6.66. The summed E-state index contributed by atoms with van der Waals surface area (Å²) in [6, 6.07) is 15.5. The number of pyridine rings is 1. The minimum atomic E-state index is 0.555. The molecule has 1 heteroatoms. The summed E-state index contributed by atoms with van der Waals surface area (Å²) in [7, 11) is 2.14. The summed E-state index contributed by atoms with van der Waals surface area (Å²) in [6.07, 6.45) is 2.24. The van der Waals surface area contributed by atoms with Gasteiger partial charge in [-0.2, -0.15) is 0 Å². The fourth-order valence-electron chi connectivity index (χ4n) is 3.24. The topological polar surface area (TPSA) is 3.88 Å². The van der Waals surface area contributed by atoms with E-state index in [0.717, 1.165) is 0 Å². The molecule has 112 valence electrons. The smallest absolute Gasteiger partial charge is 0.200 e. The van der Waals surface area contributed by atoms with Crippen LogP contribution in [0.25, 0.3) is 22.0 Å². The van der Waals surface area contributed by atoms with E-state index in [0.29, 0.717) is 5.92 Å². The molecule has 0 N–H and O–H groups in total. The minimum Gasteiger partial charge on any atom is -0.200 e. The van der Waals surface area contributed by atoms with Crippen LogP contribution in [0.15, 0.2) is 48.7 Å². The van der Waals surface area contributed by atoms with Crippen LogP contribution in [0.4, 0.5) is 0 Å². The van der Waals surface area contributed by atoms with Crippen LogP contribution in [-0.4, -0.2) is 0 Å². The van der Waals surface area contributed by atoms with Gasteiger partial charge in [0.25, 0.3) is 0 Å². The Morgan fingerprint density at radius 3 is 2.27 bits per heavy atom. The quantitative estimate of drug-likeness (QED) is 0.580. The van der Waals surface area contributed by atoms with Crippen molar-refractivity contribution in [1.29, 1.82) is 0 Å². The Balaban J connectivity index is 2.38. The van der Waals surface area contributed by atoms with Gasteiger partial charge in [0.1, 0.15) is 7.05 Å². The SMILES string of the molecule is Cc1ccccc1-c1c2ccc(C(C)C)cc2c(C)c[n+]1C. The first-order valence-corrected chi connectivity index (χ1v) is 7.98. The number of fused-ring (bicyclic) bond motifs is 1. The lowest BCUT2D eigenvalue weighted by Crippen LogP contribution is -2.31. The van der Waals surface area contributed by atoms with Gasteiger partial charge in [-0.1, -0.05) is 44.2 Å². The maximum atomic E-state index is 2.36. The molecule has 1 nitrogen and oxygen atoms in total. The van der Waals surface area contributed by atoms with Crippen molar-refractivity contribution in [2.24, 2.45) is 7.05 Å². The zero-order valence-corrected chi connectivity index (χ0v) is 14.1. The van der Waals surface area contributed by atoms with E-state index in [1.807, 2.05) is 0 Å². The van der Waals surface area contributed by atoms with Crippen molar-refractivity contribution in [2.75, 3.05) is 0 Å². The second kappa shape index (κ2) is 5.57. The van der Waals surface area contributed by atoms with Gasteiger partial charge in [-0.25, -0.2) is 4.57 Å². The minimum absolute atomic E-state index is 0.555. The van der Waals surface area contributed by atoms with Crippen molar-refractivity contribution in [3.63, 3.8) is 0 Å². The summed E-state index contributed by atoms with van der Waals surface area (Å²) >= 11 is 0. The summed E-state index contributed by atoms with van der Waals surface area (Å²) in [5, 5.41) is 2.70. The van der Waals surface area contributed by atoms with Gasteiger partial charge in [0, 0.05) is 11.1 Å². The first kappa shape index (κ1) is 14.8. The summed E-state index contributed by atoms with van der Waals surface area (Å²) in [6.45, 7) is 8.89. The average molecular weight is 290 g/mol. The molecule has 0 aliphatic heterocycles. The number of hydrogen-bond acceptors (Lipinski definition) is 0. The van der Waals surface area contributed by atoms with Crippen LogP contribution in [0.5, 0.6) is 0 Å². The van der Waals surface area contributed by atoms with Crippen LogP contribution in [0.1, 0.15) is 36.5 Å². The first-order chi connectivity index (χ1) is 10.5. The lowest BCUT2D eigenvalue weighted by Gasteiger charge is -2.12. The maximum absolute atomic E-state index is 2.36. The van der Waals surface area contributed by atoms with Gasteiger partial charge in [-0.05, 0) is 48.4 Å². The van der Waals surface area contributed by atoms with Crippen molar-refractivity contribution in [3.8, 4) is 11.3 Å². The van der Waals surface area contributed by atoms with Crippen LogP contribution in [0.2, 0.25) is 0 Å². The van der Waals surface area contributed by atoms with E-state index < -0.39 is 0 Å². The molecule has 0 bridgehead atoms. The van der Waals surface area contributed by atoms with Gasteiger partial charge in [-0.3, -0.25) is 0 Å². The molecule has 3 rings (SSSR count). The monoisotopic (exact) mass is 290 g/mol. The summed E-state index contributed by atoms with van der Waals surface area (Å²) in [5.74, 6) is 0.555. The average Bonchev–Trinajstić information content (AvgIpc) is 2.48. The number of benzene rings is 2. The number of aromatic nitrogens is 1. The number of hydrogen-bond donors (Lipinski definition) is 0. The molecule has 0 saturated heterocycles. The van der Waals surface area contributed by atoms with Gasteiger partial charge in [0.15, 0.2) is 6.20 Å². The van der Waals surface area contributed by atoms with E-state index in [-0.39, 0.29) is 0 Å². The summed E-state index contributed by atoms with van der Waals surface area (Å²) in [4.78, 5) is 0. The highest BCUT2D eigenvalue weighted by molar-refractivity contribution is 5.95. The molecule has 0 aliphatic carbocycles. The zero-order chi connectivity index (χ0) is 15.9. The fourth-order valence-corrected chi connectivity index (χ4v) is 3.24. The second-order valence-electron chi connectivity index (χ2n) is 6.55. The first-order valence-electron chi connectivity index (χ1n) is 7.98. The van der Waals surface area contributed by atoms with E-state index >= 15 is 0 Å². The van der Waals surface area contributed by atoms with Crippen LogP contribution in [-0.2, 0) is 7.05 Å². The fraction of sp³-hybridized carbons (Fsp3) is 0.286. The Labute approximate surface area is 133 Å². The third kappa shape index (κ3) is 2.41. The second-order valence-corrected chi connectivity index (χ2v) is 6.55. The molecule has 0 atom stereocenters. The standard InChI is InChI=1S/C21H24N/c1-14(2)17-10-11-19-20(12-17)16(4)13-22(5)21(19)18-9-7-6-8-15(18)3/h6-14H,1-5H3/q+1. The molecule has 0 aliphatic rings. The Kier molecular flexibility index (Phi) is 3.74. The maximum Gasteiger partial charge on any atom is 0.220 e. The predicted octanol–water partition coefficient (Wildman–Crippen LogP) is 5.07. The van der Waals surface area contributed by atoms with Crippen LogP contribution >= 0.6 is 0 Å². The Morgan fingerprint density at radius 1 is 0.864 bits per heavy atom. The van der Waals surface area contributed by atoms with Gasteiger partial charge in [-0.15, -0.1) is 0 Å². The number of rotatable bonds is 2. The molecule has 0 saturated carbocycles. The number of aryl methyl sites for hydroxylation is 3. The van der Waals surface area contributed by atoms with E-state index in [2.05, 4.69) is 88.0 Å². The van der Waals surface area contributed by atoms with Crippen molar-refractivity contribution in [2.45, 2.75) is 33.6 Å². The van der Waals surface area contributed by atoms with Crippen molar-refractivity contribution in [3.05, 3.63) is 65.4 Å². The molecule has 0 spiro atoms. The highest BCUT2D eigenvalue weighted by Crippen LogP contribution is 2.31. The lowest BCUT2D eigenvalue weighted by atomic mass is 9.94. The molecule has 0 radical (unpaired) electrons. The third-order valence-electron chi connectivity index (χ3n) is 4.53. The van der Waals surface area contributed by atoms with Gasteiger partial charge < -0.3 is 0 Å². The molecular weight excluding hydrogens is 266 g/mol. The molecule has 1 heterocycles. The Morgan fingerprint density at radius 2 is 1.59 bits per heavy atom. The van der Waals surface area contributed by atoms with E-state index in [1.165, 1.54) is 38.7 Å². The third-order valence-corrected chi connectivity index (χ3v) is 4.53. The molecule has 2 aromatic carbocycles. The van der Waals surface area contributed by atoms with E-state index in [4.69, 9.17) is 0 Å². The van der Waals surface area contributed by atoms with Gasteiger partial charge >= 0.3 is 0 Å². The molecule has 1 aromatic heterocycles. The molecule has 0 unspecified atom stereocenters. The zero-order valence-electron chi connectivity index (χ0n) is 14.1. The molecular formula is C21H24N+. The van der Waals surface area contributed by atoms with Crippen LogP contribution in [0, 0.1) is 13.8 Å². The van der Waals surface area contributed by atoms with Gasteiger partial charge in [0.2, 0.25) is 5.69 Å². The van der Waals surface area contributed by atoms with E-state index in [1.54, 1.807) is 0 Å². The normalized spacial score (nSPS) is 11.4. The van der Waals surface area contributed by atoms with Crippen LogP contribution in [0.3, 0.4) is 0 Å². The number of nitrogens with zero attached hydrogens (tertiary/aromatic N) is 1. The Hall–Kier alpha value is -2.15. The van der Waals surface area contributed by atoms with Crippen molar-refractivity contribution in [1.82, 2.24) is 0 Å². The highest BCUT2D eigenvalue weighted by Gasteiger charge is 2.19. The molecule has 0 amide bonds. The summed E-state index contributed by atoms with van der Waals surface area (Å²) < 4.78 is 2.26. The highest BCUT2D eigenvalue weighted by atomic mass is 14.9.